The Balaban J connectivity index is 1.80. The number of carbonyl (C=O) groups excluding carboxylic acids is 2. The van der Waals surface area contributed by atoms with Gasteiger partial charge in [0, 0.05) is 53.4 Å². The number of aromatic nitrogens is 3. The summed E-state index contributed by atoms with van der Waals surface area (Å²) in [6, 6.07) is 6.12. The molecule has 0 aliphatic carbocycles. The lowest BCUT2D eigenvalue weighted by molar-refractivity contribution is 0.0987. The third-order valence-corrected chi connectivity index (χ3v) is 5.11. The lowest BCUT2D eigenvalue weighted by atomic mass is 10.1. The van der Waals surface area contributed by atoms with Gasteiger partial charge in [0.25, 0.3) is 5.91 Å². The Morgan fingerprint density at radius 3 is 2.65 bits per heavy atom. The molecule has 0 saturated heterocycles. The van der Waals surface area contributed by atoms with Gasteiger partial charge in [-0.2, -0.15) is 5.10 Å². The van der Waals surface area contributed by atoms with Gasteiger partial charge in [-0.05, 0) is 25.1 Å². The average Bonchev–Trinajstić information content (AvgIpc) is 3.33. The van der Waals surface area contributed by atoms with Crippen LogP contribution < -0.4 is 10.1 Å². The molecular weight excluding hydrogens is 423 g/mol. The highest BCUT2D eigenvalue weighted by Crippen LogP contribution is 2.32. The summed E-state index contributed by atoms with van der Waals surface area (Å²) in [7, 11) is 3.21. The van der Waals surface area contributed by atoms with Crippen LogP contribution in [0.1, 0.15) is 27.6 Å². The van der Waals surface area contributed by atoms with Crippen LogP contribution >= 0.6 is 11.6 Å². The predicted octanol–water partition coefficient (Wildman–Crippen LogP) is 4.60. The molecule has 1 N–H and O–H groups in total. The van der Waals surface area contributed by atoms with Crippen molar-refractivity contribution in [1.29, 1.82) is 0 Å². The van der Waals surface area contributed by atoms with Crippen molar-refractivity contribution in [3.05, 3.63) is 71.0 Å². The first-order valence-corrected chi connectivity index (χ1v) is 9.65. The summed E-state index contributed by atoms with van der Waals surface area (Å²) in [4.78, 5) is 25.4. The molecule has 9 heteroatoms. The average molecular weight is 441 g/mol. The van der Waals surface area contributed by atoms with Crippen LogP contribution in [0.25, 0.3) is 16.6 Å². The fraction of sp³-hybridized carbons (Fsp3) is 0.136. The van der Waals surface area contributed by atoms with E-state index in [1.54, 1.807) is 42.2 Å². The molecule has 0 saturated carbocycles. The monoisotopic (exact) mass is 440 g/mol. The summed E-state index contributed by atoms with van der Waals surface area (Å²) in [6.07, 6.45) is 6.38. The molecule has 0 spiro atoms. The van der Waals surface area contributed by atoms with E-state index in [1.807, 2.05) is 0 Å². The number of methoxy groups -OCH3 is 1. The number of ether oxygens (including phenoxy) is 1. The molecule has 1 aromatic carbocycles. The first kappa shape index (κ1) is 20.6. The van der Waals surface area contributed by atoms with Crippen LogP contribution in [-0.2, 0) is 7.05 Å². The number of Topliss-reactive ketones (excluding diaryl/α,β-unsaturated/α-hetero) is 1. The number of carbonyl (C=O) groups is 2. The quantitative estimate of drug-likeness (QED) is 0.460. The third-order valence-electron chi connectivity index (χ3n) is 4.89. The minimum atomic E-state index is -0.656. The van der Waals surface area contributed by atoms with Gasteiger partial charge in [-0.1, -0.05) is 11.6 Å². The first-order chi connectivity index (χ1) is 14.8. The zero-order valence-corrected chi connectivity index (χ0v) is 17.7. The Bertz CT molecular complexity index is 1340. The van der Waals surface area contributed by atoms with Gasteiger partial charge in [0.1, 0.15) is 5.75 Å². The number of amides is 1. The predicted molar refractivity (Wildman–Crippen MR) is 116 cm³/mol. The highest BCUT2D eigenvalue weighted by Gasteiger charge is 2.23. The van der Waals surface area contributed by atoms with Crippen molar-refractivity contribution in [2.24, 2.45) is 7.05 Å². The van der Waals surface area contributed by atoms with Gasteiger partial charge in [0.2, 0.25) is 0 Å². The van der Waals surface area contributed by atoms with E-state index in [1.165, 1.54) is 37.0 Å². The first-order valence-electron chi connectivity index (χ1n) is 9.27. The molecule has 0 unspecified atom stereocenters. The maximum atomic E-state index is 15.2. The maximum Gasteiger partial charge on any atom is 0.258 e. The molecule has 3 heterocycles. The number of ketones is 1. The molecule has 1 amide bonds. The van der Waals surface area contributed by atoms with E-state index in [0.717, 1.165) is 0 Å². The van der Waals surface area contributed by atoms with E-state index >= 15 is 4.39 Å². The second-order valence-electron chi connectivity index (χ2n) is 7.00. The SMILES string of the molecule is COc1ccn2cc(C(C)=O)c(C(=O)Nc3cc(Cl)cc(-c4cnn(C)c4)c3F)c2c1. The van der Waals surface area contributed by atoms with Gasteiger partial charge >= 0.3 is 0 Å². The number of nitrogens with zero attached hydrogens (tertiary/aromatic N) is 3. The fourth-order valence-corrected chi connectivity index (χ4v) is 3.63. The number of pyridine rings is 1. The number of rotatable bonds is 5. The molecule has 4 aromatic rings. The number of nitrogens with one attached hydrogen (secondary N) is 1. The molecule has 31 heavy (non-hydrogen) atoms. The summed E-state index contributed by atoms with van der Waals surface area (Å²) in [5.41, 5.74) is 1.40. The molecule has 0 bridgehead atoms. The van der Waals surface area contributed by atoms with Crippen LogP contribution in [0.2, 0.25) is 5.02 Å². The minimum Gasteiger partial charge on any atom is -0.497 e. The van der Waals surface area contributed by atoms with E-state index in [9.17, 15) is 9.59 Å². The van der Waals surface area contributed by atoms with Crippen molar-refractivity contribution in [1.82, 2.24) is 14.2 Å². The van der Waals surface area contributed by atoms with Crippen molar-refractivity contribution >= 4 is 34.5 Å². The summed E-state index contributed by atoms with van der Waals surface area (Å²) < 4.78 is 23.6. The Morgan fingerprint density at radius 1 is 1.23 bits per heavy atom. The summed E-state index contributed by atoms with van der Waals surface area (Å²) >= 11 is 6.18. The Labute approximate surface area is 182 Å². The normalized spacial score (nSPS) is 11.0. The van der Waals surface area contributed by atoms with Gasteiger partial charge in [-0.25, -0.2) is 4.39 Å². The summed E-state index contributed by atoms with van der Waals surface area (Å²) in [5, 5.41) is 6.85. The lowest BCUT2D eigenvalue weighted by Gasteiger charge is -2.11. The smallest absolute Gasteiger partial charge is 0.258 e. The van der Waals surface area contributed by atoms with Crippen molar-refractivity contribution < 1.29 is 18.7 Å². The Morgan fingerprint density at radius 2 is 2.00 bits per heavy atom. The van der Waals surface area contributed by atoms with E-state index in [-0.39, 0.29) is 33.2 Å². The Hall–Kier alpha value is -3.65. The zero-order chi connectivity index (χ0) is 22.3. The van der Waals surface area contributed by atoms with Gasteiger partial charge in [-0.15, -0.1) is 0 Å². The number of halogens is 2. The lowest BCUT2D eigenvalue weighted by Crippen LogP contribution is -2.16. The van der Waals surface area contributed by atoms with Gasteiger partial charge in [0.05, 0.1) is 30.1 Å². The highest BCUT2D eigenvalue weighted by atomic mass is 35.5. The molecule has 158 valence electrons. The number of hydrogen-bond acceptors (Lipinski definition) is 4. The molecule has 0 atom stereocenters. The topological polar surface area (TPSA) is 77.6 Å². The van der Waals surface area contributed by atoms with Crippen LogP contribution in [0.4, 0.5) is 10.1 Å². The number of aryl methyl sites for hydroxylation is 1. The van der Waals surface area contributed by atoms with Crippen molar-refractivity contribution in [2.45, 2.75) is 6.92 Å². The van der Waals surface area contributed by atoms with E-state index in [4.69, 9.17) is 16.3 Å². The highest BCUT2D eigenvalue weighted by molar-refractivity contribution is 6.31. The van der Waals surface area contributed by atoms with Crippen molar-refractivity contribution in [3.8, 4) is 16.9 Å². The van der Waals surface area contributed by atoms with Crippen LogP contribution in [-0.4, -0.2) is 33.0 Å². The third kappa shape index (κ3) is 3.77. The van der Waals surface area contributed by atoms with Crippen molar-refractivity contribution in [2.75, 3.05) is 12.4 Å². The van der Waals surface area contributed by atoms with Crippen molar-refractivity contribution in [3.63, 3.8) is 0 Å². The second kappa shape index (κ2) is 7.88. The molecule has 7 nitrogen and oxygen atoms in total. The molecule has 4 rings (SSSR count). The molecule has 0 fully saturated rings. The molecule has 0 aliphatic heterocycles. The minimum absolute atomic E-state index is 0.104. The summed E-state index contributed by atoms with van der Waals surface area (Å²) in [6.45, 7) is 1.36. The number of hydrogen-bond donors (Lipinski definition) is 1. The van der Waals surface area contributed by atoms with E-state index in [0.29, 0.717) is 16.8 Å². The Kier molecular flexibility index (Phi) is 5.24. The number of anilines is 1. The molecule has 0 aliphatic rings. The number of benzene rings is 1. The molecular formula is C22H18ClFN4O3. The van der Waals surface area contributed by atoms with Crippen LogP contribution in [0.15, 0.2) is 49.1 Å². The van der Waals surface area contributed by atoms with E-state index < -0.39 is 11.7 Å². The standard InChI is InChI=1S/C22H18ClFN4O3/c1-12(29)17-11-28-5-4-15(31-3)8-19(28)20(17)22(30)26-18-7-14(23)6-16(21(18)24)13-9-25-27(2)10-13/h4-11H,1-3H3,(H,26,30). The van der Waals surface area contributed by atoms with Gasteiger partial charge in [0.15, 0.2) is 11.6 Å². The molecule has 0 radical (unpaired) electrons. The van der Waals surface area contributed by atoms with Crippen LogP contribution in [0.5, 0.6) is 5.75 Å². The zero-order valence-electron chi connectivity index (χ0n) is 16.9. The second-order valence-corrected chi connectivity index (χ2v) is 7.44. The fourth-order valence-electron chi connectivity index (χ4n) is 3.41. The molecule has 3 aromatic heterocycles. The maximum absolute atomic E-state index is 15.2. The van der Waals surface area contributed by atoms with Crippen LogP contribution in [0, 0.1) is 5.82 Å². The summed E-state index contributed by atoms with van der Waals surface area (Å²) in [5.74, 6) is -1.08. The van der Waals surface area contributed by atoms with E-state index in [2.05, 4.69) is 10.4 Å². The van der Waals surface area contributed by atoms with Gasteiger partial charge < -0.3 is 14.5 Å². The van der Waals surface area contributed by atoms with Gasteiger partial charge in [-0.3, -0.25) is 14.3 Å². The largest absolute Gasteiger partial charge is 0.497 e. The van der Waals surface area contributed by atoms with Crippen LogP contribution in [0.3, 0.4) is 0 Å². The number of fused-ring (bicyclic) bond motifs is 1.